The van der Waals surface area contributed by atoms with Crippen LogP contribution in [0, 0.1) is 0 Å². The van der Waals surface area contributed by atoms with E-state index in [-0.39, 0.29) is 5.75 Å². The van der Waals surface area contributed by atoms with E-state index in [0.717, 1.165) is 5.39 Å². The van der Waals surface area contributed by atoms with Crippen molar-refractivity contribution in [3.8, 4) is 5.75 Å². The van der Waals surface area contributed by atoms with E-state index in [9.17, 15) is 32.8 Å². The first kappa shape index (κ1) is 32.7. The minimum Gasteiger partial charge on any atom is -0.462 e. The Balaban J connectivity index is 1.66. The molecule has 2 aromatic carbocycles. The average molecular weight is 650 g/mol. The van der Waals surface area contributed by atoms with Gasteiger partial charge in [0.2, 0.25) is 0 Å². The molecular formula is C26H28ClF3N3O9P. The Kier molecular flexibility index (Phi) is 9.74. The molecule has 1 aliphatic heterocycles. The molecule has 0 amide bonds. The molecule has 17 heteroatoms. The van der Waals surface area contributed by atoms with Crippen LogP contribution in [0.25, 0.3) is 10.8 Å². The first-order chi connectivity index (χ1) is 20.2. The number of hydrogen-bond acceptors (Lipinski definition) is 9. The van der Waals surface area contributed by atoms with Gasteiger partial charge >= 0.3 is 19.4 Å². The van der Waals surface area contributed by atoms with Gasteiger partial charge in [0, 0.05) is 6.20 Å². The van der Waals surface area contributed by atoms with E-state index < -0.39 is 79.3 Å². The van der Waals surface area contributed by atoms with Gasteiger partial charge in [-0.15, -0.1) is 0 Å². The number of hydrogen-bond donors (Lipinski definition) is 3. The van der Waals surface area contributed by atoms with E-state index in [1.54, 1.807) is 49.2 Å². The summed E-state index contributed by atoms with van der Waals surface area (Å²) in [6.07, 6.45) is -11.0. The van der Waals surface area contributed by atoms with Crippen molar-refractivity contribution in [1.29, 1.82) is 0 Å². The van der Waals surface area contributed by atoms with Crippen LogP contribution in [0.15, 0.2) is 58.3 Å². The molecule has 3 aromatic rings. The molecule has 3 N–H and O–H groups in total. The largest absolute Gasteiger partial charge is 0.462 e. The van der Waals surface area contributed by atoms with Crippen molar-refractivity contribution in [2.45, 2.75) is 63.4 Å². The summed E-state index contributed by atoms with van der Waals surface area (Å²) in [7, 11) is -4.82. The number of aromatic nitrogens is 2. The number of ether oxygens (including phenoxy) is 2. The second kappa shape index (κ2) is 12.8. The fourth-order valence-electron chi connectivity index (χ4n) is 4.28. The SMILES string of the molecule is CC(C)OC(=O)[C@H](C)NP(=O)(OC[C@@]1(C(F)F)O[C@@H](n2cc(Cl)c(=O)[nH]c2=O)[C@H](O)[C@H]1F)Oc1ccc2ccccc2c1. The highest BCUT2D eigenvalue weighted by molar-refractivity contribution is 7.52. The van der Waals surface area contributed by atoms with Crippen molar-refractivity contribution in [2.24, 2.45) is 0 Å². The molecule has 1 saturated heterocycles. The monoisotopic (exact) mass is 649 g/mol. The quantitative estimate of drug-likeness (QED) is 0.207. The number of nitrogens with zero attached hydrogens (tertiary/aromatic N) is 1. The maximum absolute atomic E-state index is 15.5. The van der Waals surface area contributed by atoms with Crippen LogP contribution in [0.5, 0.6) is 5.75 Å². The second-order valence-electron chi connectivity index (χ2n) is 10.0. The van der Waals surface area contributed by atoms with Gasteiger partial charge in [0.1, 0.15) is 22.9 Å². The Labute approximate surface area is 247 Å². The fourth-order valence-corrected chi connectivity index (χ4v) is 5.95. The molecule has 234 valence electrons. The van der Waals surface area contributed by atoms with Crippen LogP contribution in [0.1, 0.15) is 27.0 Å². The Morgan fingerprint density at radius 1 is 1.21 bits per heavy atom. The highest BCUT2D eigenvalue weighted by Gasteiger charge is 2.63. The molecule has 43 heavy (non-hydrogen) atoms. The number of benzene rings is 2. The zero-order valence-electron chi connectivity index (χ0n) is 22.9. The molecule has 1 unspecified atom stereocenters. The molecule has 1 aromatic heterocycles. The maximum Gasteiger partial charge on any atom is 0.459 e. The summed E-state index contributed by atoms with van der Waals surface area (Å²) in [5, 5.41) is 13.7. The summed E-state index contributed by atoms with van der Waals surface area (Å²) in [5.41, 5.74) is -5.54. The van der Waals surface area contributed by atoms with Gasteiger partial charge in [-0.2, -0.15) is 5.09 Å². The Bertz CT molecular complexity index is 1660. The summed E-state index contributed by atoms with van der Waals surface area (Å²) in [6.45, 7) is 2.90. The molecule has 1 fully saturated rings. The minimum absolute atomic E-state index is 0.0541. The molecule has 0 radical (unpaired) electrons. The number of aromatic amines is 1. The predicted octanol–water partition coefficient (Wildman–Crippen LogP) is 3.71. The average Bonchev–Trinajstić information content (AvgIpc) is 3.19. The van der Waals surface area contributed by atoms with Crippen LogP contribution in [-0.4, -0.2) is 63.7 Å². The molecule has 6 atom stereocenters. The lowest BCUT2D eigenvalue weighted by Crippen LogP contribution is -2.51. The van der Waals surface area contributed by atoms with Crippen molar-refractivity contribution in [3.63, 3.8) is 0 Å². The molecule has 0 spiro atoms. The number of aliphatic hydroxyl groups is 1. The molecule has 0 saturated carbocycles. The van der Waals surface area contributed by atoms with E-state index in [1.807, 2.05) is 0 Å². The second-order valence-corrected chi connectivity index (χ2v) is 12.1. The minimum atomic E-state index is -4.82. The number of esters is 1. The number of carbonyl (C=O) groups excluding carboxylic acids is 1. The van der Waals surface area contributed by atoms with Gasteiger partial charge in [-0.25, -0.2) is 22.5 Å². The maximum atomic E-state index is 15.5. The summed E-state index contributed by atoms with van der Waals surface area (Å²) in [4.78, 5) is 38.1. The van der Waals surface area contributed by atoms with Crippen LogP contribution in [-0.2, 0) is 23.4 Å². The van der Waals surface area contributed by atoms with E-state index in [0.29, 0.717) is 16.2 Å². The van der Waals surface area contributed by atoms with Gasteiger partial charge < -0.3 is 19.1 Å². The first-order valence-corrected chi connectivity index (χ1v) is 14.8. The lowest BCUT2D eigenvalue weighted by atomic mass is 9.98. The van der Waals surface area contributed by atoms with Crippen molar-refractivity contribution >= 4 is 36.1 Å². The van der Waals surface area contributed by atoms with Crippen LogP contribution < -0.4 is 20.9 Å². The number of rotatable bonds is 11. The van der Waals surface area contributed by atoms with Crippen LogP contribution in [0.2, 0.25) is 5.02 Å². The molecule has 1 aliphatic rings. The Morgan fingerprint density at radius 3 is 2.53 bits per heavy atom. The van der Waals surface area contributed by atoms with Crippen LogP contribution in [0.3, 0.4) is 0 Å². The van der Waals surface area contributed by atoms with E-state index in [2.05, 4.69) is 5.09 Å². The van der Waals surface area contributed by atoms with Crippen molar-refractivity contribution in [1.82, 2.24) is 14.6 Å². The highest BCUT2D eigenvalue weighted by Crippen LogP contribution is 2.50. The lowest BCUT2D eigenvalue weighted by Gasteiger charge is -2.32. The molecular weight excluding hydrogens is 622 g/mol. The summed E-state index contributed by atoms with van der Waals surface area (Å²) >= 11 is 5.72. The van der Waals surface area contributed by atoms with Crippen LogP contribution >= 0.6 is 19.3 Å². The van der Waals surface area contributed by atoms with Gasteiger partial charge in [-0.3, -0.25) is 23.7 Å². The van der Waals surface area contributed by atoms with Gasteiger partial charge in [-0.1, -0.05) is 41.9 Å². The van der Waals surface area contributed by atoms with E-state index in [4.69, 9.17) is 30.1 Å². The number of aliphatic hydroxyl groups excluding tert-OH is 1. The number of halogens is 4. The third kappa shape index (κ3) is 6.97. The normalized spacial score (nSPS) is 24.3. The first-order valence-electron chi connectivity index (χ1n) is 12.9. The number of fused-ring (bicyclic) bond motifs is 1. The van der Waals surface area contributed by atoms with Gasteiger partial charge in [-0.05, 0) is 43.7 Å². The highest BCUT2D eigenvalue weighted by atomic mass is 35.5. The molecule has 0 bridgehead atoms. The zero-order valence-corrected chi connectivity index (χ0v) is 24.6. The number of alkyl halides is 3. The number of nitrogens with one attached hydrogen (secondary N) is 2. The van der Waals surface area contributed by atoms with Gasteiger partial charge in [0.25, 0.3) is 12.0 Å². The smallest absolute Gasteiger partial charge is 0.459 e. The third-order valence-electron chi connectivity index (χ3n) is 6.43. The number of carbonyl (C=O) groups is 1. The van der Waals surface area contributed by atoms with Crippen molar-refractivity contribution in [2.75, 3.05) is 6.61 Å². The summed E-state index contributed by atoms with van der Waals surface area (Å²) < 4.78 is 80.0. The molecule has 0 aliphatic carbocycles. The van der Waals surface area contributed by atoms with Crippen molar-refractivity contribution < 1.29 is 46.2 Å². The molecule has 12 nitrogen and oxygen atoms in total. The van der Waals surface area contributed by atoms with Crippen molar-refractivity contribution in [3.05, 3.63) is 74.5 Å². The van der Waals surface area contributed by atoms with E-state index >= 15 is 4.39 Å². The van der Waals surface area contributed by atoms with Gasteiger partial charge in [0.05, 0.1) is 12.7 Å². The van der Waals surface area contributed by atoms with E-state index in [1.165, 1.54) is 19.1 Å². The third-order valence-corrected chi connectivity index (χ3v) is 8.32. The summed E-state index contributed by atoms with van der Waals surface area (Å²) in [6, 6.07) is 10.2. The molecule has 2 heterocycles. The fraction of sp³-hybridized carbons (Fsp3) is 0.423. The van der Waals surface area contributed by atoms with Gasteiger partial charge in [0.15, 0.2) is 18.0 Å². The predicted molar refractivity (Wildman–Crippen MR) is 148 cm³/mol. The summed E-state index contributed by atoms with van der Waals surface area (Å²) in [5.74, 6) is -0.934. The lowest BCUT2D eigenvalue weighted by molar-refractivity contribution is -0.183. The Morgan fingerprint density at radius 2 is 1.88 bits per heavy atom. The zero-order chi connectivity index (χ0) is 31.7. The topological polar surface area (TPSA) is 158 Å². The number of H-pyrrole nitrogens is 1. The standard InChI is InChI=1S/C26H28ClF3N3O9P/c1-13(2)40-23(36)14(3)32-43(38,42-17-9-8-15-6-4-5-7-16(15)10-17)39-12-26(24(29)30)20(28)19(34)22(41-26)33-11-18(27)21(35)31-25(33)37/h4-11,13-14,19-20,22,24,34H,12H2,1-3H3,(H,32,38)(H,31,35,37)/t14-,19+,20+,22+,26+,43?/m0/s1. The van der Waals surface area contributed by atoms with Crippen LogP contribution in [0.4, 0.5) is 13.2 Å². The molecule has 4 rings (SSSR count). The Hall–Kier alpha value is -3.20.